The molecule has 106 valence electrons. The predicted molar refractivity (Wildman–Crippen MR) is 75.8 cm³/mol. The van der Waals surface area contributed by atoms with Gasteiger partial charge >= 0.3 is 0 Å². The van der Waals surface area contributed by atoms with Crippen LogP contribution < -0.4 is 0 Å². The fourth-order valence-corrected chi connectivity index (χ4v) is 4.23. The second kappa shape index (κ2) is 6.05. The Morgan fingerprint density at radius 1 is 1.58 bits per heavy atom. The van der Waals surface area contributed by atoms with E-state index in [0.29, 0.717) is 11.1 Å². The van der Waals surface area contributed by atoms with Gasteiger partial charge < -0.3 is 4.74 Å². The number of alkyl halides is 1. The molecule has 0 aliphatic carbocycles. The fraction of sp³-hybridized carbons (Fsp3) is 0.545. The minimum atomic E-state index is -3.57. The first-order valence-electron chi connectivity index (χ1n) is 5.75. The number of hydrogen-bond donors (Lipinski definition) is 0. The molecule has 1 fully saturated rings. The average molecular weight is 370 g/mol. The topological polar surface area (TPSA) is 59.5 Å². The van der Waals surface area contributed by atoms with Crippen molar-refractivity contribution in [2.45, 2.75) is 24.0 Å². The molecule has 19 heavy (non-hydrogen) atoms. The summed E-state index contributed by atoms with van der Waals surface area (Å²) >= 11 is 8.98. The first-order valence-corrected chi connectivity index (χ1v) is 8.52. The number of nitrogens with zero attached hydrogens (tertiary/aromatic N) is 2. The highest BCUT2D eigenvalue weighted by Gasteiger charge is 2.35. The van der Waals surface area contributed by atoms with Gasteiger partial charge in [-0.15, -0.1) is 11.6 Å². The van der Waals surface area contributed by atoms with Crippen molar-refractivity contribution in [1.82, 2.24) is 9.29 Å². The number of sulfonamides is 1. The molecule has 2 atom stereocenters. The molecule has 0 N–H and O–H groups in total. The molecule has 1 aromatic rings. The zero-order valence-electron chi connectivity index (χ0n) is 10.3. The van der Waals surface area contributed by atoms with Crippen LogP contribution >= 0.6 is 27.5 Å². The molecule has 0 bridgehead atoms. The Morgan fingerprint density at radius 3 is 2.95 bits per heavy atom. The van der Waals surface area contributed by atoms with Gasteiger partial charge in [0.15, 0.2) is 0 Å². The van der Waals surface area contributed by atoms with E-state index in [1.807, 2.05) is 6.92 Å². The van der Waals surface area contributed by atoms with Crippen LogP contribution in [0.5, 0.6) is 0 Å². The number of ether oxygens (including phenoxy) is 1. The molecule has 0 spiro atoms. The molecule has 2 rings (SSSR count). The lowest BCUT2D eigenvalue weighted by Crippen LogP contribution is -2.51. The lowest BCUT2D eigenvalue weighted by molar-refractivity contribution is -0.0152. The molecule has 0 aromatic carbocycles. The SMILES string of the molecule is CC1COC(CCl)CN1S(=O)(=O)c1cncc(Br)c1. The van der Waals surface area contributed by atoms with Gasteiger partial charge in [0.05, 0.1) is 12.7 Å². The van der Waals surface area contributed by atoms with Crippen molar-refractivity contribution >= 4 is 37.6 Å². The number of halogens is 2. The Kier molecular flexibility index (Phi) is 4.84. The fourth-order valence-electron chi connectivity index (χ4n) is 1.89. The van der Waals surface area contributed by atoms with Crippen molar-refractivity contribution in [3.05, 3.63) is 22.9 Å². The molecule has 1 aliphatic heterocycles. The van der Waals surface area contributed by atoms with Gasteiger partial charge in [-0.3, -0.25) is 4.98 Å². The van der Waals surface area contributed by atoms with E-state index < -0.39 is 10.0 Å². The standard InChI is InChI=1S/C11H14BrClN2O3S/c1-8-7-18-10(3-13)6-15(8)19(16,17)11-2-9(12)4-14-5-11/h2,4-5,8,10H,3,6-7H2,1H3. The minimum absolute atomic E-state index is 0.170. The summed E-state index contributed by atoms with van der Waals surface area (Å²) < 4.78 is 32.7. The predicted octanol–water partition coefficient (Wildman–Crippen LogP) is 1.86. The number of pyridine rings is 1. The van der Waals surface area contributed by atoms with E-state index in [0.717, 1.165) is 0 Å². The number of hydrogen-bond acceptors (Lipinski definition) is 4. The van der Waals surface area contributed by atoms with E-state index >= 15 is 0 Å². The third-order valence-corrected chi connectivity index (χ3v) is 5.63. The highest BCUT2D eigenvalue weighted by atomic mass is 79.9. The summed E-state index contributed by atoms with van der Waals surface area (Å²) in [5.41, 5.74) is 0. The summed E-state index contributed by atoms with van der Waals surface area (Å²) in [6.07, 6.45) is 2.62. The molecule has 0 radical (unpaired) electrons. The third kappa shape index (κ3) is 3.28. The maximum absolute atomic E-state index is 12.6. The third-order valence-electron chi connectivity index (χ3n) is 2.91. The maximum atomic E-state index is 12.6. The number of rotatable bonds is 3. The van der Waals surface area contributed by atoms with E-state index in [-0.39, 0.29) is 29.5 Å². The summed E-state index contributed by atoms with van der Waals surface area (Å²) in [6.45, 7) is 2.42. The summed E-state index contributed by atoms with van der Waals surface area (Å²) in [7, 11) is -3.57. The largest absolute Gasteiger partial charge is 0.374 e. The molecular weight excluding hydrogens is 356 g/mol. The zero-order chi connectivity index (χ0) is 14.0. The Morgan fingerprint density at radius 2 is 2.32 bits per heavy atom. The summed E-state index contributed by atoms with van der Waals surface area (Å²) in [5, 5.41) is 0. The van der Waals surface area contributed by atoms with Crippen LogP contribution in [0.1, 0.15) is 6.92 Å². The van der Waals surface area contributed by atoms with E-state index in [1.165, 1.54) is 10.5 Å². The van der Waals surface area contributed by atoms with Gasteiger partial charge in [0.1, 0.15) is 4.90 Å². The van der Waals surface area contributed by atoms with Gasteiger partial charge in [-0.25, -0.2) is 8.42 Å². The summed E-state index contributed by atoms with van der Waals surface area (Å²) in [5.74, 6) is 0.273. The quantitative estimate of drug-likeness (QED) is 0.763. The molecular formula is C11H14BrClN2O3S. The molecule has 2 heterocycles. The van der Waals surface area contributed by atoms with Crippen molar-refractivity contribution in [1.29, 1.82) is 0 Å². The minimum Gasteiger partial charge on any atom is -0.374 e. The van der Waals surface area contributed by atoms with Gasteiger partial charge in [0, 0.05) is 35.3 Å². The molecule has 1 saturated heterocycles. The summed E-state index contributed by atoms with van der Waals surface area (Å²) in [4.78, 5) is 4.07. The van der Waals surface area contributed by atoms with E-state index in [2.05, 4.69) is 20.9 Å². The Labute approximate surface area is 126 Å². The second-order valence-corrected chi connectivity index (χ2v) is 7.49. The first kappa shape index (κ1) is 15.2. The molecule has 1 aliphatic rings. The van der Waals surface area contributed by atoms with Crippen LogP contribution in [0.2, 0.25) is 0 Å². The van der Waals surface area contributed by atoms with Crippen molar-refractivity contribution in [2.75, 3.05) is 19.0 Å². The Bertz CT molecular complexity index is 555. The van der Waals surface area contributed by atoms with Crippen LogP contribution in [0.25, 0.3) is 0 Å². The molecule has 1 aromatic heterocycles. The number of aromatic nitrogens is 1. The zero-order valence-corrected chi connectivity index (χ0v) is 13.4. The lowest BCUT2D eigenvalue weighted by Gasteiger charge is -2.36. The maximum Gasteiger partial charge on any atom is 0.245 e. The van der Waals surface area contributed by atoms with Gasteiger partial charge in [-0.1, -0.05) is 0 Å². The van der Waals surface area contributed by atoms with Crippen molar-refractivity contribution in [2.24, 2.45) is 0 Å². The van der Waals surface area contributed by atoms with Crippen LogP contribution in [0.4, 0.5) is 0 Å². The average Bonchev–Trinajstić information content (AvgIpc) is 2.39. The molecule has 0 saturated carbocycles. The van der Waals surface area contributed by atoms with Crippen molar-refractivity contribution in [3.8, 4) is 0 Å². The molecule has 2 unspecified atom stereocenters. The molecule has 0 amide bonds. The molecule has 5 nitrogen and oxygen atoms in total. The van der Waals surface area contributed by atoms with Gasteiger partial charge in [0.2, 0.25) is 10.0 Å². The van der Waals surface area contributed by atoms with Crippen LogP contribution in [0.15, 0.2) is 27.8 Å². The Hall–Kier alpha value is -0.210. The first-order chi connectivity index (χ1) is 8.95. The van der Waals surface area contributed by atoms with E-state index in [1.54, 1.807) is 12.3 Å². The highest BCUT2D eigenvalue weighted by Crippen LogP contribution is 2.24. The summed E-state index contributed by atoms with van der Waals surface area (Å²) in [6, 6.07) is 1.32. The van der Waals surface area contributed by atoms with Crippen LogP contribution in [-0.2, 0) is 14.8 Å². The van der Waals surface area contributed by atoms with Crippen LogP contribution in [0, 0.1) is 0 Å². The van der Waals surface area contributed by atoms with Gasteiger partial charge in [-0.2, -0.15) is 4.31 Å². The van der Waals surface area contributed by atoms with Gasteiger partial charge in [-0.05, 0) is 28.9 Å². The van der Waals surface area contributed by atoms with Crippen molar-refractivity contribution in [3.63, 3.8) is 0 Å². The van der Waals surface area contributed by atoms with E-state index in [4.69, 9.17) is 16.3 Å². The van der Waals surface area contributed by atoms with Crippen LogP contribution in [-0.4, -0.2) is 48.9 Å². The highest BCUT2D eigenvalue weighted by molar-refractivity contribution is 9.10. The number of morpholine rings is 1. The normalized spacial score (nSPS) is 25.4. The monoisotopic (exact) mass is 368 g/mol. The van der Waals surface area contributed by atoms with Crippen LogP contribution in [0.3, 0.4) is 0 Å². The van der Waals surface area contributed by atoms with E-state index in [9.17, 15) is 8.42 Å². The van der Waals surface area contributed by atoms with Crippen molar-refractivity contribution < 1.29 is 13.2 Å². The van der Waals surface area contributed by atoms with Gasteiger partial charge in [0.25, 0.3) is 0 Å². The second-order valence-electron chi connectivity index (χ2n) is 4.37. The molecule has 8 heteroatoms. The Balaban J connectivity index is 2.32. The lowest BCUT2D eigenvalue weighted by atomic mass is 10.2. The smallest absolute Gasteiger partial charge is 0.245 e.